The van der Waals surface area contributed by atoms with Crippen molar-refractivity contribution in [2.45, 2.75) is 23.7 Å². The monoisotopic (exact) mass is 441 g/mol. The van der Waals surface area contributed by atoms with Crippen molar-refractivity contribution in [2.24, 2.45) is 5.73 Å². The molecule has 0 aliphatic carbocycles. The van der Waals surface area contributed by atoms with Crippen LogP contribution in [0.25, 0.3) is 0 Å². The standard InChI is InChI=1S/C17H13F6NO4S/c1-29(26,27)12-2-3-14(13(8-12)17(21,22)23)28-11-5-9(6-15(24)25)4-10(7-11)16(18,19)20/h2-5,7-8H,6H2,1H3,(H2,24,25). The first-order chi connectivity index (χ1) is 13.1. The van der Waals surface area contributed by atoms with Gasteiger partial charge < -0.3 is 10.5 Å². The van der Waals surface area contributed by atoms with Gasteiger partial charge in [0.2, 0.25) is 5.91 Å². The first kappa shape index (κ1) is 22.5. The van der Waals surface area contributed by atoms with E-state index in [1.54, 1.807) is 0 Å². The van der Waals surface area contributed by atoms with Gasteiger partial charge in [-0.05, 0) is 42.0 Å². The molecule has 0 saturated heterocycles. The number of halogens is 6. The van der Waals surface area contributed by atoms with Crippen LogP contribution in [0.15, 0.2) is 41.3 Å². The van der Waals surface area contributed by atoms with Crippen molar-refractivity contribution in [1.82, 2.24) is 0 Å². The molecule has 2 rings (SSSR count). The maximum atomic E-state index is 13.3. The minimum Gasteiger partial charge on any atom is -0.457 e. The summed E-state index contributed by atoms with van der Waals surface area (Å²) in [6.45, 7) is 0. The highest BCUT2D eigenvalue weighted by Crippen LogP contribution is 2.40. The molecular formula is C17H13F6NO4S. The molecule has 0 atom stereocenters. The van der Waals surface area contributed by atoms with Gasteiger partial charge in [0.1, 0.15) is 11.5 Å². The second-order valence-electron chi connectivity index (χ2n) is 6.04. The normalized spacial score (nSPS) is 12.7. The smallest absolute Gasteiger partial charge is 0.420 e. The number of hydrogen-bond donors (Lipinski definition) is 1. The second kappa shape index (κ2) is 7.58. The molecule has 0 fully saturated rings. The number of primary amides is 1. The number of amides is 1. The molecule has 5 nitrogen and oxygen atoms in total. The molecule has 1 amide bonds. The highest BCUT2D eigenvalue weighted by atomic mass is 32.2. The number of carbonyl (C=O) groups is 1. The summed E-state index contributed by atoms with van der Waals surface area (Å²) in [6.07, 6.45) is -9.81. The molecular weight excluding hydrogens is 428 g/mol. The van der Waals surface area contributed by atoms with Crippen molar-refractivity contribution >= 4 is 15.7 Å². The molecule has 12 heteroatoms. The zero-order valence-corrected chi connectivity index (χ0v) is 15.4. The quantitative estimate of drug-likeness (QED) is 0.712. The van der Waals surface area contributed by atoms with Crippen molar-refractivity contribution in [3.05, 3.63) is 53.1 Å². The number of hydrogen-bond acceptors (Lipinski definition) is 4. The topological polar surface area (TPSA) is 86.5 Å². The third-order valence-electron chi connectivity index (χ3n) is 3.58. The van der Waals surface area contributed by atoms with Crippen LogP contribution in [0.1, 0.15) is 16.7 Å². The minimum absolute atomic E-state index is 0.219. The number of sulfone groups is 1. The Bertz CT molecular complexity index is 1040. The van der Waals surface area contributed by atoms with Crippen molar-refractivity contribution in [1.29, 1.82) is 0 Å². The largest absolute Gasteiger partial charge is 0.457 e. The van der Waals surface area contributed by atoms with E-state index in [-0.39, 0.29) is 5.56 Å². The number of nitrogens with two attached hydrogens (primary N) is 1. The predicted molar refractivity (Wildman–Crippen MR) is 89.0 cm³/mol. The molecule has 0 aromatic heterocycles. The highest BCUT2D eigenvalue weighted by molar-refractivity contribution is 7.90. The lowest BCUT2D eigenvalue weighted by Crippen LogP contribution is -2.15. The van der Waals surface area contributed by atoms with Gasteiger partial charge in [-0.25, -0.2) is 8.42 Å². The van der Waals surface area contributed by atoms with E-state index in [4.69, 9.17) is 10.5 Å². The number of ether oxygens (including phenoxy) is 1. The van der Waals surface area contributed by atoms with Gasteiger partial charge in [0, 0.05) is 6.26 Å². The van der Waals surface area contributed by atoms with E-state index in [9.17, 15) is 39.6 Å². The Hall–Kier alpha value is -2.76. The average Bonchev–Trinajstić information content (AvgIpc) is 2.51. The van der Waals surface area contributed by atoms with Crippen LogP contribution in [0.4, 0.5) is 26.3 Å². The van der Waals surface area contributed by atoms with Crippen LogP contribution in [0.3, 0.4) is 0 Å². The molecule has 0 saturated carbocycles. The van der Waals surface area contributed by atoms with Crippen LogP contribution >= 0.6 is 0 Å². The molecule has 2 N–H and O–H groups in total. The van der Waals surface area contributed by atoms with Gasteiger partial charge in [-0.1, -0.05) is 0 Å². The fourth-order valence-electron chi connectivity index (χ4n) is 2.36. The van der Waals surface area contributed by atoms with Crippen LogP contribution in [0.5, 0.6) is 11.5 Å². The van der Waals surface area contributed by atoms with Gasteiger partial charge in [0.25, 0.3) is 0 Å². The van der Waals surface area contributed by atoms with E-state index in [1.807, 2.05) is 0 Å². The number of rotatable bonds is 5. The molecule has 2 aromatic rings. The van der Waals surface area contributed by atoms with Crippen LogP contribution in [-0.4, -0.2) is 20.6 Å². The first-order valence-electron chi connectivity index (χ1n) is 7.66. The van der Waals surface area contributed by atoms with E-state index in [2.05, 4.69) is 0 Å². The Morgan fingerprint density at radius 3 is 2.10 bits per heavy atom. The maximum absolute atomic E-state index is 13.3. The third-order valence-corrected chi connectivity index (χ3v) is 4.69. The first-order valence-corrected chi connectivity index (χ1v) is 9.55. The summed E-state index contributed by atoms with van der Waals surface area (Å²) in [5, 5.41) is 0. The van der Waals surface area contributed by atoms with E-state index in [0.29, 0.717) is 30.5 Å². The van der Waals surface area contributed by atoms with E-state index in [0.717, 1.165) is 12.1 Å². The summed E-state index contributed by atoms with van der Waals surface area (Å²) in [6, 6.07) is 3.85. The second-order valence-corrected chi connectivity index (χ2v) is 8.05. The molecule has 0 unspecified atom stereocenters. The van der Waals surface area contributed by atoms with Gasteiger partial charge >= 0.3 is 12.4 Å². The fourth-order valence-corrected chi connectivity index (χ4v) is 3.01. The van der Waals surface area contributed by atoms with Crippen LogP contribution in [0, 0.1) is 0 Å². The Labute approximate surface area is 161 Å². The predicted octanol–water partition coefficient (Wildman–Crippen LogP) is 3.95. The van der Waals surface area contributed by atoms with Crippen LogP contribution < -0.4 is 10.5 Å². The Kier molecular flexibility index (Phi) is 5.89. The lowest BCUT2D eigenvalue weighted by molar-refractivity contribution is -0.139. The molecule has 2 aromatic carbocycles. The summed E-state index contributed by atoms with van der Waals surface area (Å²) in [5.74, 6) is -2.49. The highest BCUT2D eigenvalue weighted by Gasteiger charge is 2.36. The lowest BCUT2D eigenvalue weighted by atomic mass is 10.1. The fraction of sp³-hybridized carbons (Fsp3) is 0.235. The van der Waals surface area contributed by atoms with Crippen molar-refractivity contribution in [3.8, 4) is 11.5 Å². The molecule has 0 radical (unpaired) electrons. The zero-order chi connectivity index (χ0) is 22.2. The van der Waals surface area contributed by atoms with Crippen LogP contribution in [0.2, 0.25) is 0 Å². The summed E-state index contributed by atoms with van der Waals surface area (Å²) >= 11 is 0. The van der Waals surface area contributed by atoms with Gasteiger partial charge in [-0.2, -0.15) is 26.3 Å². The molecule has 0 aliphatic heterocycles. The number of alkyl halides is 6. The summed E-state index contributed by atoms with van der Waals surface area (Å²) in [5.41, 5.74) is 1.99. The Balaban J connectivity index is 2.59. The van der Waals surface area contributed by atoms with Crippen molar-refractivity contribution < 1.29 is 44.3 Å². The maximum Gasteiger partial charge on any atom is 0.420 e. The van der Waals surface area contributed by atoms with Crippen molar-refractivity contribution in [2.75, 3.05) is 6.26 Å². The SMILES string of the molecule is CS(=O)(=O)c1ccc(Oc2cc(CC(N)=O)cc(C(F)(F)F)c2)c(C(F)(F)F)c1. The molecule has 0 spiro atoms. The van der Waals surface area contributed by atoms with E-state index in [1.165, 1.54) is 0 Å². The summed E-state index contributed by atoms with van der Waals surface area (Å²) in [7, 11) is -3.98. The summed E-state index contributed by atoms with van der Waals surface area (Å²) < 4.78 is 107. The molecule has 0 aliphatic rings. The summed E-state index contributed by atoms with van der Waals surface area (Å²) in [4.78, 5) is 10.4. The van der Waals surface area contributed by atoms with E-state index >= 15 is 0 Å². The average molecular weight is 441 g/mol. The van der Waals surface area contributed by atoms with Crippen LogP contribution in [-0.2, 0) is 33.4 Å². The molecule has 29 heavy (non-hydrogen) atoms. The Morgan fingerprint density at radius 1 is 1.00 bits per heavy atom. The Morgan fingerprint density at radius 2 is 1.62 bits per heavy atom. The molecule has 0 heterocycles. The van der Waals surface area contributed by atoms with E-state index < -0.39 is 62.0 Å². The van der Waals surface area contributed by atoms with Gasteiger partial charge in [0.05, 0.1) is 22.4 Å². The van der Waals surface area contributed by atoms with Gasteiger partial charge in [-0.15, -0.1) is 0 Å². The van der Waals surface area contributed by atoms with Gasteiger partial charge in [-0.3, -0.25) is 4.79 Å². The lowest BCUT2D eigenvalue weighted by Gasteiger charge is -2.17. The number of carbonyl (C=O) groups excluding carboxylic acids is 1. The third kappa shape index (κ3) is 5.86. The molecule has 158 valence electrons. The van der Waals surface area contributed by atoms with Gasteiger partial charge in [0.15, 0.2) is 9.84 Å². The minimum atomic E-state index is -5.05. The zero-order valence-electron chi connectivity index (χ0n) is 14.6. The molecule has 0 bridgehead atoms. The van der Waals surface area contributed by atoms with Crippen molar-refractivity contribution in [3.63, 3.8) is 0 Å². The number of benzene rings is 2.